The van der Waals surface area contributed by atoms with Crippen LogP contribution in [0.5, 0.6) is 0 Å². The molecule has 0 N–H and O–H groups in total. The quantitative estimate of drug-likeness (QED) is 0.207. The van der Waals surface area contributed by atoms with Crippen LogP contribution in [0.1, 0.15) is 52.7 Å². The van der Waals surface area contributed by atoms with E-state index in [-0.39, 0.29) is 10.8 Å². The second-order valence-corrected chi connectivity index (χ2v) is 14.1. The molecule has 0 aliphatic carbocycles. The number of hydrogen-bond acceptors (Lipinski definition) is 1. The maximum atomic E-state index is 2.50. The summed E-state index contributed by atoms with van der Waals surface area (Å²) in [5.74, 6) is 0. The molecule has 40 heavy (non-hydrogen) atoms. The SMILES string of the molecule is CC(C)(C)c1cccc(-c2cccc3sc4ccc(-n5c6ccccc6c6ccccc65)c(C(C)(C)C)c4c23)c1. The molecule has 0 bridgehead atoms. The largest absolute Gasteiger partial charge is 0.309 e. The molecule has 0 atom stereocenters. The number of fused-ring (bicyclic) bond motifs is 6. The van der Waals surface area contributed by atoms with Gasteiger partial charge in [-0.15, -0.1) is 11.3 Å². The van der Waals surface area contributed by atoms with E-state index in [1.807, 2.05) is 11.3 Å². The number of nitrogens with zero attached hydrogens (tertiary/aromatic N) is 1. The molecule has 2 heterocycles. The van der Waals surface area contributed by atoms with Crippen molar-refractivity contribution in [3.63, 3.8) is 0 Å². The van der Waals surface area contributed by atoms with Gasteiger partial charge in [0, 0.05) is 30.9 Å². The minimum atomic E-state index is -0.0737. The topological polar surface area (TPSA) is 4.93 Å². The fourth-order valence-electron chi connectivity index (χ4n) is 6.42. The molecular weight excluding hydrogens is 502 g/mol. The van der Waals surface area contributed by atoms with Crippen molar-refractivity contribution in [1.29, 1.82) is 0 Å². The zero-order valence-corrected chi connectivity index (χ0v) is 25.0. The van der Waals surface area contributed by atoms with Crippen LogP contribution in [0, 0.1) is 0 Å². The number of thiophene rings is 1. The molecule has 2 aromatic heterocycles. The van der Waals surface area contributed by atoms with Crippen LogP contribution in [0.2, 0.25) is 0 Å². The first-order chi connectivity index (χ1) is 19.1. The van der Waals surface area contributed by atoms with Crippen molar-refractivity contribution < 1.29 is 0 Å². The first kappa shape index (κ1) is 25.1. The van der Waals surface area contributed by atoms with Gasteiger partial charge in [-0.1, -0.05) is 114 Å². The van der Waals surface area contributed by atoms with Crippen LogP contribution < -0.4 is 0 Å². The fraction of sp³-hybridized carbons (Fsp3) is 0.211. The first-order valence-electron chi connectivity index (χ1n) is 14.2. The maximum Gasteiger partial charge on any atom is 0.0541 e. The van der Waals surface area contributed by atoms with Gasteiger partial charge in [0.25, 0.3) is 0 Å². The van der Waals surface area contributed by atoms with E-state index in [4.69, 9.17) is 0 Å². The van der Waals surface area contributed by atoms with Crippen LogP contribution in [0.25, 0.3) is 58.8 Å². The number of benzene rings is 5. The lowest BCUT2D eigenvalue weighted by atomic mass is 9.81. The van der Waals surface area contributed by atoms with Gasteiger partial charge in [-0.05, 0) is 63.4 Å². The van der Waals surface area contributed by atoms with Crippen molar-refractivity contribution >= 4 is 53.3 Å². The van der Waals surface area contributed by atoms with Crippen LogP contribution in [-0.2, 0) is 10.8 Å². The molecule has 0 spiro atoms. The minimum Gasteiger partial charge on any atom is -0.309 e. The van der Waals surface area contributed by atoms with Gasteiger partial charge >= 0.3 is 0 Å². The molecule has 2 heteroatoms. The Bertz CT molecular complexity index is 2020. The van der Waals surface area contributed by atoms with Gasteiger partial charge in [-0.2, -0.15) is 0 Å². The summed E-state index contributed by atoms with van der Waals surface area (Å²) in [6.07, 6.45) is 0. The highest BCUT2D eigenvalue weighted by molar-refractivity contribution is 7.26. The Kier molecular flexibility index (Phi) is 5.53. The van der Waals surface area contributed by atoms with Crippen molar-refractivity contribution in [3.05, 3.63) is 114 Å². The molecular formula is C38H35NS. The average Bonchev–Trinajstić information content (AvgIpc) is 3.47. The minimum absolute atomic E-state index is 0.0737. The Balaban J connectivity index is 1.63. The lowest BCUT2D eigenvalue weighted by molar-refractivity contribution is 0.590. The van der Waals surface area contributed by atoms with Crippen molar-refractivity contribution in [2.75, 3.05) is 0 Å². The van der Waals surface area contributed by atoms with Crippen LogP contribution in [-0.4, -0.2) is 4.57 Å². The zero-order valence-electron chi connectivity index (χ0n) is 24.2. The second kappa shape index (κ2) is 8.81. The standard InChI is InChI=1S/C38H35NS/c1-37(2,3)25-14-11-13-24(23-25)26-17-12-20-32-34(26)35-33(40-32)22-21-31(36(35)38(4,5)6)39-29-18-9-7-15-27(29)28-16-8-10-19-30(28)39/h7-23H,1-6H3. The molecule has 7 rings (SSSR count). The molecule has 0 radical (unpaired) electrons. The average molecular weight is 538 g/mol. The molecule has 0 saturated heterocycles. The lowest BCUT2D eigenvalue weighted by Gasteiger charge is -2.26. The van der Waals surface area contributed by atoms with Gasteiger partial charge in [-0.3, -0.25) is 0 Å². The molecule has 0 aliphatic heterocycles. The summed E-state index contributed by atoms with van der Waals surface area (Å²) >= 11 is 1.91. The lowest BCUT2D eigenvalue weighted by Crippen LogP contribution is -2.16. The van der Waals surface area contributed by atoms with Crippen LogP contribution in [0.4, 0.5) is 0 Å². The van der Waals surface area contributed by atoms with Gasteiger partial charge < -0.3 is 4.57 Å². The maximum absolute atomic E-state index is 2.50. The van der Waals surface area contributed by atoms with Crippen molar-refractivity contribution in [3.8, 4) is 16.8 Å². The zero-order chi connectivity index (χ0) is 27.8. The molecule has 0 amide bonds. The van der Waals surface area contributed by atoms with Gasteiger partial charge in [0.2, 0.25) is 0 Å². The van der Waals surface area contributed by atoms with Crippen LogP contribution in [0.3, 0.4) is 0 Å². The Morgan fingerprint density at radius 3 is 1.82 bits per heavy atom. The highest BCUT2D eigenvalue weighted by atomic mass is 32.1. The number of para-hydroxylation sites is 2. The highest BCUT2D eigenvalue weighted by Crippen LogP contribution is 2.47. The summed E-state index contributed by atoms with van der Waals surface area (Å²) in [4.78, 5) is 0. The molecule has 198 valence electrons. The van der Waals surface area contributed by atoms with E-state index in [1.165, 1.54) is 69.9 Å². The summed E-state index contributed by atoms with van der Waals surface area (Å²) in [6, 6.07) is 38.4. The van der Waals surface area contributed by atoms with Gasteiger partial charge in [0.15, 0.2) is 0 Å². The van der Waals surface area contributed by atoms with E-state index in [1.54, 1.807) is 0 Å². The van der Waals surface area contributed by atoms with Gasteiger partial charge in [0.1, 0.15) is 0 Å². The third-order valence-electron chi connectivity index (χ3n) is 8.25. The van der Waals surface area contributed by atoms with Crippen LogP contribution in [0.15, 0.2) is 103 Å². The van der Waals surface area contributed by atoms with E-state index in [2.05, 4.69) is 149 Å². The Hall–Kier alpha value is -3.88. The van der Waals surface area contributed by atoms with E-state index in [0.29, 0.717) is 0 Å². The highest BCUT2D eigenvalue weighted by Gasteiger charge is 2.27. The first-order valence-corrected chi connectivity index (χ1v) is 15.0. The summed E-state index contributed by atoms with van der Waals surface area (Å²) in [5.41, 5.74) is 9.19. The molecule has 1 nitrogen and oxygen atoms in total. The third kappa shape index (κ3) is 3.81. The van der Waals surface area contributed by atoms with Gasteiger partial charge in [0.05, 0.1) is 16.7 Å². The Labute approximate surface area is 240 Å². The van der Waals surface area contributed by atoms with Crippen molar-refractivity contribution in [2.45, 2.75) is 52.4 Å². The number of rotatable bonds is 2. The molecule has 0 aliphatic rings. The van der Waals surface area contributed by atoms with E-state index >= 15 is 0 Å². The van der Waals surface area contributed by atoms with E-state index in [0.717, 1.165) is 0 Å². The third-order valence-corrected chi connectivity index (χ3v) is 9.37. The fourth-order valence-corrected chi connectivity index (χ4v) is 7.56. The van der Waals surface area contributed by atoms with Crippen molar-refractivity contribution in [2.24, 2.45) is 0 Å². The summed E-state index contributed by atoms with van der Waals surface area (Å²) in [5, 5.41) is 5.37. The molecule has 0 unspecified atom stereocenters. The van der Waals surface area contributed by atoms with Crippen molar-refractivity contribution in [1.82, 2.24) is 4.57 Å². The predicted octanol–water partition coefficient (Wildman–Crippen LogP) is 11.4. The smallest absolute Gasteiger partial charge is 0.0541 e. The van der Waals surface area contributed by atoms with E-state index < -0.39 is 0 Å². The van der Waals surface area contributed by atoms with Gasteiger partial charge in [-0.25, -0.2) is 0 Å². The predicted molar refractivity (Wildman–Crippen MR) is 177 cm³/mol. The summed E-state index contributed by atoms with van der Waals surface area (Å²) in [7, 11) is 0. The summed E-state index contributed by atoms with van der Waals surface area (Å²) in [6.45, 7) is 14.0. The monoisotopic (exact) mass is 537 g/mol. The van der Waals surface area contributed by atoms with Crippen LogP contribution >= 0.6 is 11.3 Å². The Morgan fingerprint density at radius 1 is 0.550 bits per heavy atom. The molecule has 0 saturated carbocycles. The molecule has 5 aromatic carbocycles. The normalized spacial score (nSPS) is 12.8. The molecule has 7 aromatic rings. The molecule has 0 fully saturated rings. The second-order valence-electron chi connectivity index (χ2n) is 13.1. The number of hydrogen-bond donors (Lipinski definition) is 0. The summed E-state index contributed by atoms with van der Waals surface area (Å²) < 4.78 is 5.19. The number of aromatic nitrogens is 1. The Morgan fingerprint density at radius 2 is 1.18 bits per heavy atom. The van der Waals surface area contributed by atoms with E-state index in [9.17, 15) is 0 Å².